The molecular formula is C23H29N3O3. The molecule has 154 valence electrons. The number of rotatable bonds is 10. The fourth-order valence-corrected chi connectivity index (χ4v) is 3.00. The van der Waals surface area contributed by atoms with Gasteiger partial charge in [0.05, 0.1) is 0 Å². The Morgan fingerprint density at radius 1 is 1.00 bits per heavy atom. The number of anilines is 2. The second-order valence-corrected chi connectivity index (χ2v) is 7.20. The van der Waals surface area contributed by atoms with Gasteiger partial charge in [-0.3, -0.25) is 9.59 Å². The zero-order valence-electron chi connectivity index (χ0n) is 17.1. The van der Waals surface area contributed by atoms with Crippen molar-refractivity contribution in [1.82, 2.24) is 4.90 Å². The van der Waals surface area contributed by atoms with Crippen LogP contribution in [0.3, 0.4) is 0 Å². The van der Waals surface area contributed by atoms with Gasteiger partial charge in [0.2, 0.25) is 5.91 Å². The Hall–Kier alpha value is -2.86. The third-order valence-electron chi connectivity index (χ3n) is 5.02. The molecule has 29 heavy (non-hydrogen) atoms. The largest absolute Gasteiger partial charge is 0.492 e. The zero-order valence-corrected chi connectivity index (χ0v) is 17.1. The molecule has 0 aliphatic heterocycles. The number of nitrogens with zero attached hydrogens (tertiary/aromatic N) is 1. The minimum absolute atomic E-state index is 0.0270. The highest BCUT2D eigenvalue weighted by molar-refractivity contribution is 6.05. The van der Waals surface area contributed by atoms with Crippen molar-refractivity contribution in [2.75, 3.05) is 36.9 Å². The molecule has 1 saturated carbocycles. The first kappa shape index (κ1) is 20.9. The minimum Gasteiger partial charge on any atom is -0.492 e. The molecule has 0 unspecified atom stereocenters. The Morgan fingerprint density at radius 2 is 1.72 bits per heavy atom. The van der Waals surface area contributed by atoms with E-state index in [2.05, 4.69) is 29.4 Å². The van der Waals surface area contributed by atoms with E-state index in [0.29, 0.717) is 23.5 Å². The molecule has 0 heterocycles. The fourth-order valence-electron chi connectivity index (χ4n) is 3.00. The molecule has 0 spiro atoms. The van der Waals surface area contributed by atoms with Gasteiger partial charge in [-0.15, -0.1) is 0 Å². The van der Waals surface area contributed by atoms with Crippen molar-refractivity contribution >= 4 is 23.2 Å². The molecule has 1 aliphatic rings. The number of nitrogens with one attached hydrogen (secondary N) is 2. The second-order valence-electron chi connectivity index (χ2n) is 7.20. The molecule has 0 aromatic heterocycles. The number of hydrogen-bond acceptors (Lipinski definition) is 4. The summed E-state index contributed by atoms with van der Waals surface area (Å²) in [7, 11) is 0. The highest BCUT2D eigenvalue weighted by Crippen LogP contribution is 2.30. The van der Waals surface area contributed by atoms with Gasteiger partial charge in [-0.05, 0) is 68.4 Å². The maximum Gasteiger partial charge on any atom is 0.255 e. The van der Waals surface area contributed by atoms with Gasteiger partial charge in [-0.25, -0.2) is 0 Å². The van der Waals surface area contributed by atoms with Crippen LogP contribution in [0.2, 0.25) is 0 Å². The molecule has 1 fully saturated rings. The van der Waals surface area contributed by atoms with Crippen LogP contribution < -0.4 is 15.4 Å². The number of carbonyl (C=O) groups is 2. The van der Waals surface area contributed by atoms with Crippen LogP contribution in [-0.2, 0) is 4.79 Å². The highest BCUT2D eigenvalue weighted by Gasteiger charge is 2.29. The molecular weight excluding hydrogens is 366 g/mol. The lowest BCUT2D eigenvalue weighted by molar-refractivity contribution is -0.117. The highest BCUT2D eigenvalue weighted by atomic mass is 16.5. The van der Waals surface area contributed by atoms with Gasteiger partial charge in [-0.1, -0.05) is 19.9 Å². The van der Waals surface area contributed by atoms with Crippen LogP contribution in [-0.4, -0.2) is 43.0 Å². The smallest absolute Gasteiger partial charge is 0.255 e. The Kier molecular flexibility index (Phi) is 7.25. The van der Waals surface area contributed by atoms with E-state index in [1.54, 1.807) is 24.3 Å². The molecule has 1 aliphatic carbocycles. The van der Waals surface area contributed by atoms with Crippen molar-refractivity contribution in [2.24, 2.45) is 5.92 Å². The first-order chi connectivity index (χ1) is 14.1. The number of likely N-dealkylation sites (N-methyl/N-ethyl adjacent to an activating group) is 1. The summed E-state index contributed by atoms with van der Waals surface area (Å²) >= 11 is 0. The van der Waals surface area contributed by atoms with Crippen molar-refractivity contribution < 1.29 is 14.3 Å². The summed E-state index contributed by atoms with van der Waals surface area (Å²) in [4.78, 5) is 26.7. The van der Waals surface area contributed by atoms with Crippen LogP contribution >= 0.6 is 0 Å². The van der Waals surface area contributed by atoms with Crippen molar-refractivity contribution in [3.63, 3.8) is 0 Å². The standard InChI is InChI=1S/C23H29N3O3/c1-3-26(4-2)14-15-29-21-12-10-19(11-13-21)24-23(28)18-6-5-7-20(16-18)25-22(27)17-8-9-17/h5-7,10-13,16-17H,3-4,8-9,14-15H2,1-2H3,(H,24,28)(H,25,27). The van der Waals surface area contributed by atoms with Gasteiger partial charge in [-0.2, -0.15) is 0 Å². The molecule has 0 atom stereocenters. The van der Waals surface area contributed by atoms with Gasteiger partial charge in [0.25, 0.3) is 5.91 Å². The SMILES string of the molecule is CCN(CC)CCOc1ccc(NC(=O)c2cccc(NC(=O)C3CC3)c2)cc1. The van der Waals surface area contributed by atoms with Crippen LogP contribution in [0, 0.1) is 5.92 Å². The van der Waals surface area contributed by atoms with Gasteiger partial charge in [0, 0.05) is 29.4 Å². The lowest BCUT2D eigenvalue weighted by Crippen LogP contribution is -2.27. The molecule has 0 saturated heterocycles. The first-order valence-electron chi connectivity index (χ1n) is 10.3. The van der Waals surface area contributed by atoms with E-state index in [1.165, 1.54) is 0 Å². The van der Waals surface area contributed by atoms with Crippen LogP contribution in [0.25, 0.3) is 0 Å². The normalized spacial score (nSPS) is 13.2. The average Bonchev–Trinajstić information content (AvgIpc) is 3.58. The summed E-state index contributed by atoms with van der Waals surface area (Å²) < 4.78 is 5.77. The van der Waals surface area contributed by atoms with E-state index in [0.717, 1.165) is 38.2 Å². The maximum atomic E-state index is 12.5. The van der Waals surface area contributed by atoms with Crippen molar-refractivity contribution in [2.45, 2.75) is 26.7 Å². The van der Waals surface area contributed by atoms with E-state index in [-0.39, 0.29) is 17.7 Å². The molecule has 2 aromatic rings. The number of hydrogen-bond donors (Lipinski definition) is 2. The first-order valence-corrected chi connectivity index (χ1v) is 10.3. The summed E-state index contributed by atoms with van der Waals surface area (Å²) in [6, 6.07) is 14.3. The van der Waals surface area contributed by atoms with Gasteiger partial charge in [0.1, 0.15) is 12.4 Å². The number of benzene rings is 2. The van der Waals surface area contributed by atoms with E-state index < -0.39 is 0 Å². The lowest BCUT2D eigenvalue weighted by atomic mass is 10.1. The Bertz CT molecular complexity index is 828. The summed E-state index contributed by atoms with van der Waals surface area (Å²) in [6.07, 6.45) is 1.89. The molecule has 6 heteroatoms. The van der Waals surface area contributed by atoms with Gasteiger partial charge >= 0.3 is 0 Å². The molecule has 0 bridgehead atoms. The molecule has 2 N–H and O–H groups in total. The van der Waals surface area contributed by atoms with E-state index >= 15 is 0 Å². The van der Waals surface area contributed by atoms with Crippen molar-refractivity contribution in [3.05, 3.63) is 54.1 Å². The zero-order chi connectivity index (χ0) is 20.6. The van der Waals surface area contributed by atoms with Crippen molar-refractivity contribution in [3.8, 4) is 5.75 Å². The van der Waals surface area contributed by atoms with E-state index in [9.17, 15) is 9.59 Å². The predicted octanol–water partition coefficient (Wildman–Crippen LogP) is 4.01. The summed E-state index contributed by atoms with van der Waals surface area (Å²) in [5.41, 5.74) is 1.84. The number of amides is 2. The van der Waals surface area contributed by atoms with Crippen LogP contribution in [0.5, 0.6) is 5.75 Å². The predicted molar refractivity (Wildman–Crippen MR) is 115 cm³/mol. The third-order valence-corrected chi connectivity index (χ3v) is 5.02. The van der Waals surface area contributed by atoms with Crippen LogP contribution in [0.4, 0.5) is 11.4 Å². The fraction of sp³-hybridized carbons (Fsp3) is 0.391. The number of ether oxygens (including phenoxy) is 1. The third kappa shape index (κ3) is 6.32. The topological polar surface area (TPSA) is 70.7 Å². The van der Waals surface area contributed by atoms with Gasteiger partial charge < -0.3 is 20.3 Å². The summed E-state index contributed by atoms with van der Waals surface area (Å²) in [5, 5.41) is 5.75. The lowest BCUT2D eigenvalue weighted by Gasteiger charge is -2.18. The summed E-state index contributed by atoms with van der Waals surface area (Å²) in [6.45, 7) is 7.81. The minimum atomic E-state index is -0.220. The van der Waals surface area contributed by atoms with Crippen molar-refractivity contribution in [1.29, 1.82) is 0 Å². The molecule has 2 amide bonds. The Morgan fingerprint density at radius 3 is 2.38 bits per heavy atom. The maximum absolute atomic E-state index is 12.5. The van der Waals surface area contributed by atoms with Crippen LogP contribution in [0.15, 0.2) is 48.5 Å². The molecule has 6 nitrogen and oxygen atoms in total. The quantitative estimate of drug-likeness (QED) is 0.638. The summed E-state index contributed by atoms with van der Waals surface area (Å²) in [5.74, 6) is 0.710. The average molecular weight is 396 g/mol. The van der Waals surface area contributed by atoms with E-state index in [1.807, 2.05) is 24.3 Å². The van der Waals surface area contributed by atoms with E-state index in [4.69, 9.17) is 4.74 Å². The Balaban J connectivity index is 1.51. The van der Waals surface area contributed by atoms with Gasteiger partial charge in [0.15, 0.2) is 0 Å². The molecule has 0 radical (unpaired) electrons. The Labute approximate surface area is 172 Å². The molecule has 3 rings (SSSR count). The second kappa shape index (κ2) is 10.1. The van der Waals surface area contributed by atoms with Crippen LogP contribution in [0.1, 0.15) is 37.0 Å². The molecule has 2 aromatic carbocycles. The number of carbonyl (C=O) groups excluding carboxylic acids is 2. The monoisotopic (exact) mass is 395 g/mol.